The first-order valence-electron chi connectivity index (χ1n) is 9.11. The van der Waals surface area contributed by atoms with Crippen molar-refractivity contribution in [3.05, 3.63) is 135 Å². The van der Waals surface area contributed by atoms with Crippen LogP contribution < -0.4 is 0 Å². The van der Waals surface area contributed by atoms with Crippen LogP contribution in [0.1, 0.15) is 12.5 Å². The van der Waals surface area contributed by atoms with Gasteiger partial charge in [0.2, 0.25) is 0 Å². The third kappa shape index (κ3) is 7.71. The van der Waals surface area contributed by atoms with Crippen molar-refractivity contribution in [2.45, 2.75) is 6.92 Å². The molecular formula is C27H26Zr. The van der Waals surface area contributed by atoms with Gasteiger partial charge in [0.15, 0.2) is 0 Å². The van der Waals surface area contributed by atoms with Crippen LogP contribution in [0.15, 0.2) is 115 Å². The van der Waals surface area contributed by atoms with Gasteiger partial charge in [0, 0.05) is 0 Å². The number of benzene rings is 3. The molecule has 0 aliphatic carbocycles. The minimum absolute atomic E-state index is 0. The van der Waals surface area contributed by atoms with Crippen LogP contribution >= 0.6 is 0 Å². The van der Waals surface area contributed by atoms with Crippen molar-refractivity contribution < 1.29 is 26.2 Å². The van der Waals surface area contributed by atoms with Gasteiger partial charge >= 0.3 is 26.2 Å². The third-order valence-corrected chi connectivity index (χ3v) is 3.94. The molecule has 5 aromatic rings. The molecule has 0 saturated heterocycles. The maximum atomic E-state index is 3.72. The Balaban J connectivity index is 0.000000199. The van der Waals surface area contributed by atoms with Crippen molar-refractivity contribution in [1.82, 2.24) is 0 Å². The van der Waals surface area contributed by atoms with Crippen LogP contribution in [0, 0.1) is 13.8 Å². The predicted octanol–water partition coefficient (Wildman–Crippen LogP) is 7.82. The molecule has 0 bridgehead atoms. The fraction of sp³-hybridized carbons (Fsp3) is 0.0370. The molecule has 28 heavy (non-hydrogen) atoms. The molecule has 138 valence electrons. The molecule has 5 rings (SSSR count). The summed E-state index contributed by atoms with van der Waals surface area (Å²) in [6.45, 7) is 8.72. The van der Waals surface area contributed by atoms with Gasteiger partial charge in [-0.3, -0.25) is 0 Å². The fourth-order valence-corrected chi connectivity index (χ4v) is 2.62. The van der Waals surface area contributed by atoms with Gasteiger partial charge in [-0.25, -0.2) is 0 Å². The van der Waals surface area contributed by atoms with Crippen LogP contribution in [-0.4, -0.2) is 0 Å². The van der Waals surface area contributed by atoms with Crippen molar-refractivity contribution in [2.75, 3.05) is 0 Å². The Kier molecular flexibility index (Phi) is 11.6. The summed E-state index contributed by atoms with van der Waals surface area (Å²) in [5, 5.41) is 5.32. The Labute approximate surface area is 188 Å². The first kappa shape index (κ1) is 23.7. The summed E-state index contributed by atoms with van der Waals surface area (Å²) in [5.74, 6) is 0. The topological polar surface area (TPSA) is 0 Å². The molecule has 0 fully saturated rings. The normalized spacial score (nSPS) is 8.93. The monoisotopic (exact) mass is 440 g/mol. The Morgan fingerprint density at radius 3 is 1.29 bits per heavy atom. The predicted molar refractivity (Wildman–Crippen MR) is 121 cm³/mol. The van der Waals surface area contributed by atoms with E-state index in [0.717, 1.165) is 5.56 Å². The van der Waals surface area contributed by atoms with E-state index in [1.165, 1.54) is 21.5 Å². The summed E-state index contributed by atoms with van der Waals surface area (Å²) in [5.41, 5.74) is 1.07. The first-order chi connectivity index (χ1) is 13.3. The molecule has 0 heterocycles. The summed E-state index contributed by atoms with van der Waals surface area (Å²) in [6, 6.07) is 39.2. The molecule has 0 atom stereocenters. The summed E-state index contributed by atoms with van der Waals surface area (Å²) in [6.07, 6.45) is 0. The zero-order valence-electron chi connectivity index (χ0n) is 16.4. The van der Waals surface area contributed by atoms with E-state index in [0.29, 0.717) is 0 Å². The SMILES string of the molecule is [CH2-]C.[CH2-]c1ccccc1.[Zr+4].c1ccc2[cH-]ccc2c1.c1ccc2[cH-]ccc2c1. The van der Waals surface area contributed by atoms with E-state index in [2.05, 4.69) is 98.8 Å². The molecule has 0 spiro atoms. The van der Waals surface area contributed by atoms with Gasteiger partial charge < -0.3 is 6.92 Å². The van der Waals surface area contributed by atoms with Crippen LogP contribution in [0.25, 0.3) is 21.5 Å². The average molecular weight is 442 g/mol. The van der Waals surface area contributed by atoms with Crippen molar-refractivity contribution in [1.29, 1.82) is 0 Å². The van der Waals surface area contributed by atoms with Gasteiger partial charge in [0.25, 0.3) is 0 Å². The molecular weight excluding hydrogens is 416 g/mol. The quantitative estimate of drug-likeness (QED) is 0.215. The number of hydrogen-bond acceptors (Lipinski definition) is 0. The maximum Gasteiger partial charge on any atom is 4.00 e. The second-order valence-electron chi connectivity index (χ2n) is 5.79. The van der Waals surface area contributed by atoms with E-state index in [1.807, 2.05) is 30.3 Å². The first-order valence-corrected chi connectivity index (χ1v) is 9.11. The molecule has 0 radical (unpaired) electrons. The second kappa shape index (κ2) is 13.7. The van der Waals surface area contributed by atoms with Crippen molar-refractivity contribution in [3.8, 4) is 0 Å². The van der Waals surface area contributed by atoms with Gasteiger partial charge in [-0.1, -0.05) is 18.2 Å². The zero-order valence-corrected chi connectivity index (χ0v) is 18.8. The van der Waals surface area contributed by atoms with E-state index in [1.54, 1.807) is 6.92 Å². The minimum Gasteiger partial charge on any atom is -0.346 e. The van der Waals surface area contributed by atoms with Crippen LogP contribution in [-0.2, 0) is 26.2 Å². The molecule has 5 aromatic carbocycles. The minimum atomic E-state index is 0. The number of rotatable bonds is 0. The third-order valence-electron chi connectivity index (χ3n) is 3.94. The van der Waals surface area contributed by atoms with Crippen LogP contribution in [0.4, 0.5) is 0 Å². The Morgan fingerprint density at radius 1 is 0.536 bits per heavy atom. The van der Waals surface area contributed by atoms with Gasteiger partial charge in [-0.2, -0.15) is 66.6 Å². The molecule has 0 aliphatic rings. The standard InChI is InChI=1S/2C9H7.C7H7.C2H5.Zr/c2*1-2-5-9-7-3-6-8(9)4-1;1-7-5-3-2-4-6-7;1-2;/h2*1-7H;2-6H,1H2;1H2,2H3;/q4*-1;+4. The van der Waals surface area contributed by atoms with Crippen molar-refractivity contribution in [3.63, 3.8) is 0 Å². The number of hydrogen-bond donors (Lipinski definition) is 0. The molecule has 0 aliphatic heterocycles. The fourth-order valence-electron chi connectivity index (χ4n) is 2.62. The van der Waals surface area contributed by atoms with E-state index in [-0.39, 0.29) is 26.2 Å². The smallest absolute Gasteiger partial charge is 0.346 e. The van der Waals surface area contributed by atoms with Gasteiger partial charge in [0.05, 0.1) is 0 Å². The van der Waals surface area contributed by atoms with E-state index < -0.39 is 0 Å². The average Bonchev–Trinajstić information content (AvgIpc) is 3.40. The Bertz CT molecular complexity index is 879. The van der Waals surface area contributed by atoms with Crippen molar-refractivity contribution >= 4 is 21.5 Å². The van der Waals surface area contributed by atoms with Gasteiger partial charge in [0.1, 0.15) is 0 Å². The molecule has 0 nitrogen and oxygen atoms in total. The number of fused-ring (bicyclic) bond motifs is 2. The van der Waals surface area contributed by atoms with Crippen LogP contribution in [0.5, 0.6) is 0 Å². The summed E-state index contributed by atoms with van der Waals surface area (Å²) in [7, 11) is 0. The molecule has 0 saturated carbocycles. The molecule has 1 heteroatoms. The maximum absolute atomic E-state index is 3.72. The van der Waals surface area contributed by atoms with E-state index in [4.69, 9.17) is 0 Å². The Morgan fingerprint density at radius 2 is 0.929 bits per heavy atom. The second-order valence-corrected chi connectivity index (χ2v) is 5.79. The molecule has 0 amide bonds. The molecule has 0 unspecified atom stereocenters. The van der Waals surface area contributed by atoms with E-state index in [9.17, 15) is 0 Å². The molecule has 0 N–H and O–H groups in total. The summed E-state index contributed by atoms with van der Waals surface area (Å²) < 4.78 is 0. The Hall–Kier alpha value is -2.37. The van der Waals surface area contributed by atoms with Crippen molar-refractivity contribution in [2.24, 2.45) is 0 Å². The zero-order chi connectivity index (χ0) is 19.3. The van der Waals surface area contributed by atoms with Gasteiger partial charge in [-0.15, -0.1) is 71.4 Å². The van der Waals surface area contributed by atoms with E-state index >= 15 is 0 Å². The molecule has 0 aromatic heterocycles. The largest absolute Gasteiger partial charge is 4.00 e. The van der Waals surface area contributed by atoms with Crippen LogP contribution in [0.2, 0.25) is 0 Å². The summed E-state index contributed by atoms with van der Waals surface area (Å²) in [4.78, 5) is 0. The van der Waals surface area contributed by atoms with Crippen LogP contribution in [0.3, 0.4) is 0 Å². The summed E-state index contributed by atoms with van der Waals surface area (Å²) >= 11 is 0. The van der Waals surface area contributed by atoms with Gasteiger partial charge in [-0.05, 0) is 0 Å².